The lowest BCUT2D eigenvalue weighted by Crippen LogP contribution is -2.21. The highest BCUT2D eigenvalue weighted by atomic mass is 16.5. The Bertz CT molecular complexity index is 861. The first-order valence-corrected chi connectivity index (χ1v) is 9.41. The number of rotatable bonds is 9. The van der Waals surface area contributed by atoms with Crippen molar-refractivity contribution in [3.8, 4) is 5.75 Å². The first kappa shape index (κ1) is 21.0. The maximum atomic E-state index is 11.5. The molecule has 4 heteroatoms. The quantitative estimate of drug-likeness (QED) is 0.389. The Labute approximate surface area is 167 Å². The number of hydrogen-bond donors (Lipinski definition) is 1. The minimum atomic E-state index is 0.569. The number of carbonyl (C=O) groups excluding carboxylic acids is 1. The number of aldehydes is 1. The van der Waals surface area contributed by atoms with Gasteiger partial charge in [-0.1, -0.05) is 36.4 Å². The van der Waals surface area contributed by atoms with Gasteiger partial charge in [0.25, 0.3) is 0 Å². The third-order valence-electron chi connectivity index (χ3n) is 4.50. The molecule has 0 unspecified atom stereocenters. The summed E-state index contributed by atoms with van der Waals surface area (Å²) in [5, 5.41) is 0. The maximum absolute atomic E-state index is 11.5. The number of nitrogens with two attached hydrogens (primary N) is 1. The lowest BCUT2D eigenvalue weighted by molar-refractivity contribution is -0.104. The van der Waals surface area contributed by atoms with Crippen molar-refractivity contribution in [3.63, 3.8) is 0 Å². The Balaban J connectivity index is 2.26. The van der Waals surface area contributed by atoms with Crippen molar-refractivity contribution in [1.29, 1.82) is 0 Å². The number of carbonyl (C=O) groups is 1. The summed E-state index contributed by atoms with van der Waals surface area (Å²) in [6.45, 7) is 6.10. The summed E-state index contributed by atoms with van der Waals surface area (Å²) in [5.74, 6) is 0.745. The van der Waals surface area contributed by atoms with Crippen molar-refractivity contribution in [2.75, 3.05) is 25.1 Å². The highest BCUT2D eigenvalue weighted by Gasteiger charge is 2.07. The van der Waals surface area contributed by atoms with E-state index in [9.17, 15) is 4.79 Å². The van der Waals surface area contributed by atoms with Gasteiger partial charge in [0.05, 0.1) is 7.11 Å². The summed E-state index contributed by atoms with van der Waals surface area (Å²) >= 11 is 0. The molecule has 0 aliphatic heterocycles. The minimum Gasteiger partial charge on any atom is -0.496 e. The summed E-state index contributed by atoms with van der Waals surface area (Å²) in [5.41, 5.74) is 9.98. The average molecular weight is 377 g/mol. The van der Waals surface area contributed by atoms with Crippen LogP contribution in [0.4, 0.5) is 5.69 Å². The predicted octanol–water partition coefficient (Wildman–Crippen LogP) is 4.77. The Kier molecular flexibility index (Phi) is 8.10. The molecule has 0 radical (unpaired) electrons. The average Bonchev–Trinajstić information content (AvgIpc) is 2.73. The van der Waals surface area contributed by atoms with E-state index >= 15 is 0 Å². The van der Waals surface area contributed by atoms with Gasteiger partial charge in [-0.25, -0.2) is 0 Å². The Morgan fingerprint density at radius 2 is 1.68 bits per heavy atom. The summed E-state index contributed by atoms with van der Waals surface area (Å²) in [4.78, 5) is 13.8. The second kappa shape index (κ2) is 10.8. The number of ether oxygens (including phenoxy) is 1. The molecule has 4 nitrogen and oxygen atoms in total. The van der Waals surface area contributed by atoms with Crippen LogP contribution in [-0.2, 0) is 4.79 Å². The molecule has 2 aromatic carbocycles. The van der Waals surface area contributed by atoms with Crippen LogP contribution in [0.15, 0.2) is 60.3 Å². The Hall–Kier alpha value is -3.27. The number of nitrogens with zero attached hydrogens (tertiary/aromatic N) is 1. The zero-order valence-corrected chi connectivity index (χ0v) is 16.8. The first-order valence-electron chi connectivity index (χ1n) is 9.41. The fraction of sp³-hybridized carbons (Fsp3) is 0.208. The number of anilines is 1. The van der Waals surface area contributed by atoms with Crippen molar-refractivity contribution in [2.45, 2.75) is 13.8 Å². The predicted molar refractivity (Wildman–Crippen MR) is 119 cm³/mol. The van der Waals surface area contributed by atoms with Crippen LogP contribution in [0.5, 0.6) is 5.75 Å². The van der Waals surface area contributed by atoms with Gasteiger partial charge in [-0.2, -0.15) is 0 Å². The van der Waals surface area contributed by atoms with Crippen molar-refractivity contribution in [2.24, 2.45) is 5.73 Å². The normalized spacial score (nSPS) is 11.9. The van der Waals surface area contributed by atoms with Gasteiger partial charge in [0.2, 0.25) is 0 Å². The highest BCUT2D eigenvalue weighted by molar-refractivity contribution is 5.88. The summed E-state index contributed by atoms with van der Waals surface area (Å²) in [6.07, 6.45) is 9.74. The number of hydrogen-bond acceptors (Lipinski definition) is 4. The van der Waals surface area contributed by atoms with Crippen LogP contribution in [0.2, 0.25) is 0 Å². The largest absolute Gasteiger partial charge is 0.496 e. The molecule has 0 heterocycles. The minimum absolute atomic E-state index is 0.569. The van der Waals surface area contributed by atoms with Gasteiger partial charge in [-0.3, -0.25) is 4.79 Å². The second-order valence-corrected chi connectivity index (χ2v) is 6.22. The maximum Gasteiger partial charge on any atom is 0.150 e. The number of allylic oxidation sites excluding steroid dienone is 2. The fourth-order valence-corrected chi connectivity index (χ4v) is 2.93. The molecule has 2 N–H and O–H groups in total. The van der Waals surface area contributed by atoms with Crippen molar-refractivity contribution < 1.29 is 9.53 Å². The topological polar surface area (TPSA) is 55.6 Å². The molecular weight excluding hydrogens is 348 g/mol. The zero-order chi connectivity index (χ0) is 20.4. The molecule has 2 rings (SSSR count). The smallest absolute Gasteiger partial charge is 0.150 e. The van der Waals surface area contributed by atoms with E-state index < -0.39 is 0 Å². The van der Waals surface area contributed by atoms with Crippen LogP contribution in [0, 0.1) is 0 Å². The second-order valence-electron chi connectivity index (χ2n) is 6.22. The van der Waals surface area contributed by atoms with E-state index in [1.807, 2.05) is 54.6 Å². The molecule has 0 fully saturated rings. The lowest BCUT2D eigenvalue weighted by atomic mass is 10.1. The van der Waals surface area contributed by atoms with Gasteiger partial charge in [0.15, 0.2) is 0 Å². The monoisotopic (exact) mass is 376 g/mol. The Morgan fingerprint density at radius 1 is 1.04 bits per heavy atom. The van der Waals surface area contributed by atoms with Gasteiger partial charge in [-0.15, -0.1) is 0 Å². The van der Waals surface area contributed by atoms with Gasteiger partial charge >= 0.3 is 0 Å². The molecule has 0 atom stereocenters. The standard InChI is InChI=1S/C24H28N2O2/c1-4-26(5-2)23-13-12-22(24(17-23)28-3)16-21(18-27)11-10-19-6-8-20(9-7-19)14-15-25/h6-18H,4-5,25H2,1-3H3/b11-10+,15-14+,21-16-. The third kappa shape index (κ3) is 5.61. The first-order chi connectivity index (χ1) is 13.6. The van der Waals surface area contributed by atoms with E-state index in [1.54, 1.807) is 13.2 Å². The molecule has 0 saturated carbocycles. The van der Waals surface area contributed by atoms with Gasteiger partial charge in [0, 0.05) is 36.0 Å². The summed E-state index contributed by atoms with van der Waals surface area (Å²) < 4.78 is 5.54. The highest BCUT2D eigenvalue weighted by Crippen LogP contribution is 2.27. The van der Waals surface area contributed by atoms with E-state index in [0.717, 1.165) is 47.5 Å². The SMILES string of the molecule is CCN(CC)c1ccc(/C=C(C=O)/C=C/c2ccc(/C=C/N)cc2)c(OC)c1. The fourth-order valence-electron chi connectivity index (χ4n) is 2.93. The lowest BCUT2D eigenvalue weighted by Gasteiger charge is -2.22. The van der Waals surface area contributed by atoms with E-state index in [-0.39, 0.29) is 0 Å². The number of benzene rings is 2. The molecule has 0 aliphatic carbocycles. The molecule has 0 bridgehead atoms. The molecule has 0 amide bonds. The van der Waals surface area contributed by atoms with Crippen molar-refractivity contribution in [3.05, 3.63) is 77.0 Å². The molecule has 2 aromatic rings. The number of methoxy groups -OCH3 is 1. The van der Waals surface area contributed by atoms with Crippen LogP contribution in [-0.4, -0.2) is 26.5 Å². The summed E-state index contributed by atoms with van der Waals surface area (Å²) in [7, 11) is 1.65. The molecule has 28 heavy (non-hydrogen) atoms. The summed E-state index contributed by atoms with van der Waals surface area (Å²) in [6, 6.07) is 14.0. The van der Waals surface area contributed by atoms with Crippen molar-refractivity contribution >= 4 is 30.2 Å². The molecule has 0 aliphatic rings. The van der Waals surface area contributed by atoms with Crippen LogP contribution in [0.1, 0.15) is 30.5 Å². The molecule has 0 aromatic heterocycles. The van der Waals surface area contributed by atoms with Gasteiger partial charge in [-0.05, 0) is 55.5 Å². The Morgan fingerprint density at radius 3 is 2.21 bits per heavy atom. The van der Waals surface area contributed by atoms with Crippen LogP contribution < -0.4 is 15.4 Å². The van der Waals surface area contributed by atoms with Gasteiger partial charge in [0.1, 0.15) is 12.0 Å². The van der Waals surface area contributed by atoms with E-state index in [1.165, 1.54) is 6.20 Å². The zero-order valence-electron chi connectivity index (χ0n) is 16.8. The van der Waals surface area contributed by atoms with E-state index in [2.05, 4.69) is 24.8 Å². The van der Waals surface area contributed by atoms with Gasteiger partial charge < -0.3 is 15.4 Å². The molecule has 0 saturated heterocycles. The molecule has 0 spiro atoms. The van der Waals surface area contributed by atoms with Crippen molar-refractivity contribution in [1.82, 2.24) is 0 Å². The van der Waals surface area contributed by atoms with Crippen LogP contribution >= 0.6 is 0 Å². The van der Waals surface area contributed by atoms with E-state index in [4.69, 9.17) is 10.5 Å². The van der Waals surface area contributed by atoms with Crippen LogP contribution in [0.25, 0.3) is 18.2 Å². The van der Waals surface area contributed by atoms with E-state index in [0.29, 0.717) is 5.57 Å². The molecule has 146 valence electrons. The third-order valence-corrected chi connectivity index (χ3v) is 4.50. The molecular formula is C24H28N2O2. The van der Waals surface area contributed by atoms with Crippen LogP contribution in [0.3, 0.4) is 0 Å².